The van der Waals surface area contributed by atoms with Gasteiger partial charge in [0.05, 0.1) is 12.8 Å². The van der Waals surface area contributed by atoms with Crippen LogP contribution in [-0.2, 0) is 4.79 Å². The highest BCUT2D eigenvalue weighted by atomic mass is 35.5. The number of methoxy groups -OCH3 is 1. The fourth-order valence-electron chi connectivity index (χ4n) is 2.35. The summed E-state index contributed by atoms with van der Waals surface area (Å²) >= 11 is 5.95. The molecule has 7 nitrogen and oxygen atoms in total. The van der Waals surface area contributed by atoms with Gasteiger partial charge in [-0.1, -0.05) is 11.6 Å². The van der Waals surface area contributed by atoms with E-state index in [1.165, 1.54) is 17.9 Å². The molecule has 2 heterocycles. The number of oxazole rings is 1. The minimum atomic E-state index is -0.836. The number of aromatic nitrogens is 2. The Kier molecular flexibility index (Phi) is 4.26. The van der Waals surface area contributed by atoms with Crippen molar-refractivity contribution in [3.8, 4) is 5.75 Å². The standard InChI is InChI=1S/C16H14ClN3O4/c1-9(20-14-13(24-16(20)22)4-3-7-18-14)15(21)19-11-8-10(17)5-6-12(11)23-2/h3-9H,1-2H3,(H,19,21). The molecule has 3 aromatic rings. The number of nitrogens with zero attached hydrogens (tertiary/aromatic N) is 2. The van der Waals surface area contributed by atoms with Crippen LogP contribution in [0.2, 0.25) is 5.02 Å². The van der Waals surface area contributed by atoms with Crippen LogP contribution in [0.25, 0.3) is 11.2 Å². The van der Waals surface area contributed by atoms with Crippen molar-refractivity contribution in [2.45, 2.75) is 13.0 Å². The lowest BCUT2D eigenvalue weighted by atomic mass is 10.2. The third-order valence-electron chi connectivity index (χ3n) is 3.56. The Balaban J connectivity index is 1.94. The van der Waals surface area contributed by atoms with E-state index in [0.717, 1.165) is 0 Å². The molecule has 2 aromatic heterocycles. The Morgan fingerprint density at radius 2 is 2.21 bits per heavy atom. The zero-order valence-electron chi connectivity index (χ0n) is 12.9. The third kappa shape index (κ3) is 2.85. The molecule has 1 amide bonds. The highest BCUT2D eigenvalue weighted by molar-refractivity contribution is 6.31. The van der Waals surface area contributed by atoms with Crippen molar-refractivity contribution in [3.05, 3.63) is 52.1 Å². The van der Waals surface area contributed by atoms with Gasteiger partial charge in [-0.2, -0.15) is 0 Å². The number of carbonyl (C=O) groups excluding carboxylic acids is 1. The number of rotatable bonds is 4. The molecular formula is C16H14ClN3O4. The number of ether oxygens (including phenoxy) is 1. The molecule has 0 radical (unpaired) electrons. The summed E-state index contributed by atoms with van der Waals surface area (Å²) in [7, 11) is 1.49. The second-order valence-corrected chi connectivity index (χ2v) is 5.51. The van der Waals surface area contributed by atoms with E-state index in [1.807, 2.05) is 0 Å². The molecule has 0 aliphatic heterocycles. The van der Waals surface area contributed by atoms with Gasteiger partial charge in [-0.15, -0.1) is 0 Å². The lowest BCUT2D eigenvalue weighted by Crippen LogP contribution is -2.29. The molecule has 24 heavy (non-hydrogen) atoms. The van der Waals surface area contributed by atoms with E-state index in [4.69, 9.17) is 20.8 Å². The minimum absolute atomic E-state index is 0.309. The van der Waals surface area contributed by atoms with Gasteiger partial charge in [0.1, 0.15) is 11.8 Å². The lowest BCUT2D eigenvalue weighted by molar-refractivity contribution is -0.118. The summed E-state index contributed by atoms with van der Waals surface area (Å²) in [6.07, 6.45) is 1.53. The molecule has 1 unspecified atom stereocenters. The molecule has 0 saturated heterocycles. The Morgan fingerprint density at radius 1 is 1.42 bits per heavy atom. The first-order chi connectivity index (χ1) is 11.5. The van der Waals surface area contributed by atoms with Gasteiger partial charge in [-0.25, -0.2) is 14.3 Å². The van der Waals surface area contributed by atoms with E-state index in [1.54, 1.807) is 37.3 Å². The number of nitrogens with one attached hydrogen (secondary N) is 1. The maximum atomic E-state index is 12.5. The van der Waals surface area contributed by atoms with Crippen LogP contribution in [0.1, 0.15) is 13.0 Å². The van der Waals surface area contributed by atoms with Crippen LogP contribution in [0.5, 0.6) is 5.75 Å². The van der Waals surface area contributed by atoms with Crippen molar-refractivity contribution < 1.29 is 13.9 Å². The molecule has 0 aliphatic carbocycles. The maximum Gasteiger partial charge on any atom is 0.421 e. The quantitative estimate of drug-likeness (QED) is 0.784. The first-order valence-corrected chi connectivity index (χ1v) is 7.49. The average molecular weight is 348 g/mol. The van der Waals surface area contributed by atoms with Crippen molar-refractivity contribution >= 4 is 34.4 Å². The minimum Gasteiger partial charge on any atom is -0.495 e. The number of fused-ring (bicyclic) bond motifs is 1. The zero-order valence-corrected chi connectivity index (χ0v) is 13.7. The van der Waals surface area contributed by atoms with Crippen molar-refractivity contribution in [1.82, 2.24) is 9.55 Å². The molecule has 124 valence electrons. The molecule has 1 atom stereocenters. The smallest absolute Gasteiger partial charge is 0.421 e. The van der Waals surface area contributed by atoms with Crippen LogP contribution < -0.4 is 15.8 Å². The zero-order chi connectivity index (χ0) is 17.3. The maximum absolute atomic E-state index is 12.5. The van der Waals surface area contributed by atoms with Crippen molar-refractivity contribution in [2.24, 2.45) is 0 Å². The van der Waals surface area contributed by atoms with E-state index in [0.29, 0.717) is 27.7 Å². The van der Waals surface area contributed by atoms with Crippen molar-refractivity contribution in [2.75, 3.05) is 12.4 Å². The molecule has 1 N–H and O–H groups in total. The molecule has 0 aliphatic rings. The predicted octanol–water partition coefficient (Wildman–Crippen LogP) is 2.85. The van der Waals surface area contributed by atoms with Crippen LogP contribution in [0, 0.1) is 0 Å². The molecular weight excluding hydrogens is 334 g/mol. The number of halogens is 1. The second-order valence-electron chi connectivity index (χ2n) is 5.07. The van der Waals surface area contributed by atoms with E-state index < -0.39 is 17.7 Å². The van der Waals surface area contributed by atoms with Gasteiger partial charge in [-0.3, -0.25) is 4.79 Å². The van der Waals surface area contributed by atoms with Gasteiger partial charge < -0.3 is 14.5 Å². The summed E-state index contributed by atoms with van der Waals surface area (Å²) in [6, 6.07) is 7.29. The summed E-state index contributed by atoms with van der Waals surface area (Å²) < 4.78 is 11.5. The van der Waals surface area contributed by atoms with Crippen molar-refractivity contribution in [3.63, 3.8) is 0 Å². The summed E-state index contributed by atoms with van der Waals surface area (Å²) in [5.41, 5.74) is 1.04. The molecule has 0 fully saturated rings. The molecule has 8 heteroatoms. The fourth-order valence-corrected chi connectivity index (χ4v) is 2.52. The van der Waals surface area contributed by atoms with E-state index in [9.17, 15) is 9.59 Å². The number of carbonyl (C=O) groups is 1. The average Bonchev–Trinajstić information content (AvgIpc) is 2.90. The van der Waals surface area contributed by atoms with Gasteiger partial charge >= 0.3 is 5.76 Å². The van der Waals surface area contributed by atoms with Gasteiger partial charge in [0.25, 0.3) is 0 Å². The van der Waals surface area contributed by atoms with E-state index >= 15 is 0 Å². The number of amides is 1. The van der Waals surface area contributed by atoms with Gasteiger partial charge in [-0.05, 0) is 37.3 Å². The number of anilines is 1. The Bertz CT molecular complexity index is 963. The van der Waals surface area contributed by atoms with Crippen LogP contribution in [0.4, 0.5) is 5.69 Å². The summed E-state index contributed by atoms with van der Waals surface area (Å²) in [5.74, 6) is -0.613. The monoisotopic (exact) mass is 347 g/mol. The predicted molar refractivity (Wildman–Crippen MR) is 89.6 cm³/mol. The number of hydrogen-bond donors (Lipinski definition) is 1. The first kappa shape index (κ1) is 16.1. The molecule has 0 saturated carbocycles. The lowest BCUT2D eigenvalue weighted by Gasteiger charge is -2.15. The van der Waals surface area contributed by atoms with Crippen LogP contribution in [0.15, 0.2) is 45.7 Å². The molecule has 0 bridgehead atoms. The summed E-state index contributed by atoms with van der Waals surface area (Å²) in [4.78, 5) is 28.7. The fraction of sp³-hybridized carbons (Fsp3) is 0.188. The van der Waals surface area contributed by atoms with Crippen LogP contribution in [-0.4, -0.2) is 22.6 Å². The van der Waals surface area contributed by atoms with E-state index in [-0.39, 0.29) is 0 Å². The summed E-state index contributed by atoms with van der Waals surface area (Å²) in [5, 5.41) is 3.16. The molecule has 1 aromatic carbocycles. The Morgan fingerprint density at radius 3 is 2.96 bits per heavy atom. The topological polar surface area (TPSA) is 86.4 Å². The Labute approximate surface area is 141 Å². The molecule has 3 rings (SSSR count). The van der Waals surface area contributed by atoms with Gasteiger partial charge in [0.2, 0.25) is 5.91 Å². The Hall–Kier alpha value is -2.80. The number of benzene rings is 1. The first-order valence-electron chi connectivity index (χ1n) is 7.11. The third-order valence-corrected chi connectivity index (χ3v) is 3.79. The highest BCUT2D eigenvalue weighted by Gasteiger charge is 2.23. The summed E-state index contributed by atoms with van der Waals surface area (Å²) in [6.45, 7) is 1.58. The van der Waals surface area contributed by atoms with Gasteiger partial charge in [0, 0.05) is 11.2 Å². The molecule has 0 spiro atoms. The van der Waals surface area contributed by atoms with Gasteiger partial charge in [0.15, 0.2) is 11.2 Å². The SMILES string of the molecule is COc1ccc(Cl)cc1NC(=O)C(C)n1c(=O)oc2cccnc21. The second kappa shape index (κ2) is 6.37. The van der Waals surface area contributed by atoms with Crippen molar-refractivity contribution in [1.29, 1.82) is 0 Å². The normalized spacial score (nSPS) is 12.1. The van der Waals surface area contributed by atoms with E-state index in [2.05, 4.69) is 10.3 Å². The number of hydrogen-bond acceptors (Lipinski definition) is 5. The van der Waals surface area contributed by atoms with Crippen LogP contribution in [0.3, 0.4) is 0 Å². The van der Waals surface area contributed by atoms with Crippen LogP contribution >= 0.6 is 11.6 Å². The highest BCUT2D eigenvalue weighted by Crippen LogP contribution is 2.28. The largest absolute Gasteiger partial charge is 0.495 e. The number of pyridine rings is 1.